The van der Waals surface area contributed by atoms with Crippen LogP contribution in [0.25, 0.3) is 0 Å². The monoisotopic (exact) mass is 537 g/mol. The third kappa shape index (κ3) is 4.52. The Morgan fingerprint density at radius 2 is 1.85 bits per heavy atom. The number of rotatable bonds is 4. The zero-order valence-electron chi connectivity index (χ0n) is 16.3. The maximum atomic E-state index is 14.2. The van der Waals surface area contributed by atoms with Crippen LogP contribution in [0.3, 0.4) is 0 Å². The molecule has 1 saturated heterocycles. The molecule has 0 aliphatic carbocycles. The smallest absolute Gasteiger partial charge is 0.362 e. The molecule has 3 heterocycles. The number of hydrogen-bond donors (Lipinski definition) is 2. The Morgan fingerprint density at radius 1 is 1.21 bits per heavy atom. The van der Waals surface area contributed by atoms with Crippen molar-refractivity contribution < 1.29 is 22.8 Å². The number of hydroxylamine groups is 1. The summed E-state index contributed by atoms with van der Waals surface area (Å²) in [6.45, 7) is -0.491. The number of aliphatic imine (C=N–C) groups is 1. The standard InChI is InChI=1S/C19H13Cl3F3N5O2S/c20-10-1-9(2-11(21)14(10)22)18(19(23,24)25)3-12(28-7-18)15-26-4-8(5-27-15)17(33)29-13-6-32-30-16(13)31/h1-2,4-5,13H,3,6-7H2,(H,29,33)(H,30,31). The third-order valence-corrected chi connectivity index (χ3v) is 6.86. The molecule has 2 atom stereocenters. The molecule has 0 saturated carbocycles. The van der Waals surface area contributed by atoms with E-state index in [0.717, 1.165) is 12.1 Å². The Morgan fingerprint density at radius 3 is 2.39 bits per heavy atom. The van der Waals surface area contributed by atoms with E-state index in [0.29, 0.717) is 5.56 Å². The number of carbonyl (C=O) groups is 1. The Bertz CT molecular complexity index is 1140. The molecule has 1 aromatic heterocycles. The van der Waals surface area contributed by atoms with E-state index in [-0.39, 0.29) is 49.7 Å². The molecular formula is C19H13Cl3F3N5O2S. The molecule has 1 fully saturated rings. The van der Waals surface area contributed by atoms with Crippen LogP contribution in [-0.2, 0) is 15.0 Å². The lowest BCUT2D eigenvalue weighted by Gasteiger charge is -2.31. The first-order chi connectivity index (χ1) is 15.5. The van der Waals surface area contributed by atoms with Crippen LogP contribution in [0.4, 0.5) is 13.2 Å². The predicted molar refractivity (Wildman–Crippen MR) is 120 cm³/mol. The second-order valence-electron chi connectivity index (χ2n) is 7.37. The predicted octanol–water partition coefficient (Wildman–Crippen LogP) is 3.83. The van der Waals surface area contributed by atoms with Crippen LogP contribution in [0.5, 0.6) is 0 Å². The number of halogens is 6. The first kappa shape index (κ1) is 24.1. The maximum Gasteiger partial charge on any atom is 0.400 e. The number of alkyl halides is 3. The molecule has 0 spiro atoms. The van der Waals surface area contributed by atoms with Gasteiger partial charge >= 0.3 is 6.18 Å². The van der Waals surface area contributed by atoms with Gasteiger partial charge in [0.1, 0.15) is 23.1 Å². The molecule has 2 N–H and O–H groups in total. The van der Waals surface area contributed by atoms with Crippen LogP contribution >= 0.6 is 47.0 Å². The summed E-state index contributed by atoms with van der Waals surface area (Å²) < 4.78 is 42.7. The minimum absolute atomic E-state index is 0.0244. The summed E-state index contributed by atoms with van der Waals surface area (Å²) in [4.78, 5) is 28.9. The van der Waals surface area contributed by atoms with Gasteiger partial charge in [-0.3, -0.25) is 14.6 Å². The number of carbonyl (C=O) groups excluding carboxylic acids is 1. The van der Waals surface area contributed by atoms with Crippen LogP contribution in [-0.4, -0.2) is 51.9 Å². The van der Waals surface area contributed by atoms with E-state index in [1.54, 1.807) is 0 Å². The largest absolute Gasteiger partial charge is 0.400 e. The fraction of sp³-hybridized carbons (Fsp3) is 0.316. The molecule has 2 aromatic rings. The molecule has 2 aliphatic rings. The third-order valence-electron chi connectivity index (χ3n) is 5.30. The maximum absolute atomic E-state index is 14.2. The van der Waals surface area contributed by atoms with Crippen molar-refractivity contribution in [1.29, 1.82) is 0 Å². The minimum atomic E-state index is -4.66. The van der Waals surface area contributed by atoms with E-state index in [1.165, 1.54) is 12.4 Å². The van der Waals surface area contributed by atoms with Gasteiger partial charge in [-0.25, -0.2) is 15.4 Å². The topological polar surface area (TPSA) is 88.5 Å². The second-order valence-corrected chi connectivity index (χ2v) is 8.97. The average Bonchev–Trinajstić information content (AvgIpc) is 3.39. The lowest BCUT2D eigenvalue weighted by Crippen LogP contribution is -2.44. The van der Waals surface area contributed by atoms with Crippen molar-refractivity contribution in [2.45, 2.75) is 24.1 Å². The summed E-state index contributed by atoms with van der Waals surface area (Å²) in [6, 6.07) is 1.64. The van der Waals surface area contributed by atoms with Gasteiger partial charge in [-0.15, -0.1) is 0 Å². The Hall–Kier alpha value is -2.05. The highest BCUT2D eigenvalue weighted by atomic mass is 35.5. The Balaban J connectivity index is 1.56. The van der Waals surface area contributed by atoms with Gasteiger partial charge in [0, 0.05) is 24.4 Å². The van der Waals surface area contributed by atoms with Gasteiger partial charge in [0.15, 0.2) is 5.82 Å². The molecule has 174 valence electrons. The number of thiocarbonyl (C=S) groups is 1. The van der Waals surface area contributed by atoms with Gasteiger partial charge in [-0.1, -0.05) is 47.0 Å². The zero-order valence-corrected chi connectivity index (χ0v) is 19.4. The van der Waals surface area contributed by atoms with E-state index >= 15 is 0 Å². The molecule has 4 rings (SSSR count). The van der Waals surface area contributed by atoms with Crippen LogP contribution in [0.15, 0.2) is 29.5 Å². The van der Waals surface area contributed by atoms with E-state index in [4.69, 9.17) is 51.9 Å². The fourth-order valence-corrected chi connectivity index (χ4v) is 4.29. The van der Waals surface area contributed by atoms with Gasteiger partial charge in [0.05, 0.1) is 27.3 Å². The van der Waals surface area contributed by atoms with Crippen molar-refractivity contribution >= 4 is 63.6 Å². The Kier molecular flexibility index (Phi) is 6.53. The zero-order chi connectivity index (χ0) is 24.0. The average molecular weight is 539 g/mol. The molecule has 1 aromatic carbocycles. The van der Waals surface area contributed by atoms with Gasteiger partial charge < -0.3 is 5.32 Å². The van der Waals surface area contributed by atoms with Crippen LogP contribution in [0, 0.1) is 0 Å². The number of amides is 1. The van der Waals surface area contributed by atoms with E-state index in [1.807, 2.05) is 0 Å². The highest BCUT2D eigenvalue weighted by molar-refractivity contribution is 7.80. The molecule has 2 unspecified atom stereocenters. The lowest BCUT2D eigenvalue weighted by atomic mass is 9.77. The summed E-state index contributed by atoms with van der Waals surface area (Å²) in [6.07, 6.45) is -2.48. The summed E-state index contributed by atoms with van der Waals surface area (Å²) in [5.41, 5.74) is 0.146. The molecule has 14 heteroatoms. The minimum Gasteiger partial charge on any atom is -0.362 e. The van der Waals surface area contributed by atoms with Crippen molar-refractivity contribution in [3.63, 3.8) is 0 Å². The number of aromatic nitrogens is 2. The number of nitrogens with zero attached hydrogens (tertiary/aromatic N) is 3. The normalized spacial score (nSPS) is 22.8. The van der Waals surface area contributed by atoms with Crippen molar-refractivity contribution in [3.05, 3.63) is 56.5 Å². The quantitative estimate of drug-likeness (QED) is 0.455. The van der Waals surface area contributed by atoms with E-state index in [9.17, 15) is 18.0 Å². The van der Waals surface area contributed by atoms with E-state index < -0.39 is 30.6 Å². The van der Waals surface area contributed by atoms with E-state index in [2.05, 4.69) is 25.8 Å². The first-order valence-electron chi connectivity index (χ1n) is 9.32. The molecule has 0 bridgehead atoms. The van der Waals surface area contributed by atoms with Crippen LogP contribution < -0.4 is 10.8 Å². The van der Waals surface area contributed by atoms with Gasteiger partial charge in [0.2, 0.25) is 0 Å². The number of hydrogen-bond acceptors (Lipinski definition) is 6. The molecule has 1 amide bonds. The Labute approximate surface area is 205 Å². The summed E-state index contributed by atoms with van der Waals surface area (Å²) in [5, 5.41) is 2.61. The van der Waals surface area contributed by atoms with Crippen molar-refractivity contribution in [2.24, 2.45) is 4.99 Å². The SMILES string of the molecule is O=C1NOCC1NC(=S)c1cnc(C2=NCC(c3cc(Cl)c(Cl)c(Cl)c3)(C(F)(F)F)C2)nc1. The molecule has 2 aliphatic heterocycles. The summed E-state index contributed by atoms with van der Waals surface area (Å²) in [5.74, 6) is -0.345. The highest BCUT2D eigenvalue weighted by Crippen LogP contribution is 2.49. The van der Waals surface area contributed by atoms with Crippen LogP contribution in [0.1, 0.15) is 23.4 Å². The number of nitrogens with one attached hydrogen (secondary N) is 2. The summed E-state index contributed by atoms with van der Waals surface area (Å²) >= 11 is 23.1. The summed E-state index contributed by atoms with van der Waals surface area (Å²) in [7, 11) is 0. The second kappa shape index (κ2) is 8.95. The van der Waals surface area contributed by atoms with Crippen molar-refractivity contribution in [3.8, 4) is 0 Å². The van der Waals surface area contributed by atoms with Crippen molar-refractivity contribution in [1.82, 2.24) is 20.8 Å². The number of benzene rings is 1. The molecule has 0 radical (unpaired) electrons. The fourth-order valence-electron chi connectivity index (χ4n) is 3.44. The highest BCUT2D eigenvalue weighted by Gasteiger charge is 2.59. The van der Waals surface area contributed by atoms with Crippen LogP contribution in [0.2, 0.25) is 15.1 Å². The van der Waals surface area contributed by atoms with Crippen molar-refractivity contribution in [2.75, 3.05) is 13.2 Å². The first-order valence-corrected chi connectivity index (χ1v) is 10.9. The van der Waals surface area contributed by atoms with Gasteiger partial charge in [-0.2, -0.15) is 13.2 Å². The molecule has 33 heavy (non-hydrogen) atoms. The molecule has 7 nitrogen and oxygen atoms in total. The lowest BCUT2D eigenvalue weighted by molar-refractivity contribution is -0.183. The van der Waals surface area contributed by atoms with Gasteiger partial charge in [-0.05, 0) is 17.7 Å². The van der Waals surface area contributed by atoms with Gasteiger partial charge in [0.25, 0.3) is 5.91 Å². The molecular weight excluding hydrogens is 526 g/mol.